The van der Waals surface area contributed by atoms with Crippen LogP contribution in [0.4, 0.5) is 4.39 Å². The normalized spacial score (nSPS) is 11.1. The Bertz CT molecular complexity index is 681. The van der Waals surface area contributed by atoms with Gasteiger partial charge >= 0.3 is 0 Å². The SMILES string of the molecule is CN(C)C/C=C/C(=O)NCc1ccc(-c2ccccc2)cc1F. The minimum absolute atomic E-state index is 0.173. The van der Waals surface area contributed by atoms with Crippen LogP contribution in [-0.2, 0) is 11.3 Å². The van der Waals surface area contributed by atoms with Crippen molar-refractivity contribution in [3.63, 3.8) is 0 Å². The second kappa shape index (κ2) is 8.25. The zero-order valence-electron chi connectivity index (χ0n) is 13.4. The third-order valence-corrected chi connectivity index (χ3v) is 3.35. The van der Waals surface area contributed by atoms with Crippen LogP contribution < -0.4 is 5.32 Å². The Morgan fingerprint density at radius 1 is 1.13 bits per heavy atom. The standard InChI is InChI=1S/C19H21FN2O/c1-22(2)12-6-9-19(23)21-14-17-11-10-16(13-18(17)20)15-7-4-3-5-8-15/h3-11,13H,12,14H2,1-2H3,(H,21,23)/b9-6+. The van der Waals surface area contributed by atoms with Crippen LogP contribution in [0.5, 0.6) is 0 Å². The molecule has 0 spiro atoms. The highest BCUT2D eigenvalue weighted by atomic mass is 19.1. The Kier molecular flexibility index (Phi) is 6.06. The predicted molar refractivity (Wildman–Crippen MR) is 91.4 cm³/mol. The van der Waals surface area contributed by atoms with Gasteiger partial charge in [-0.15, -0.1) is 0 Å². The second-order valence-corrected chi connectivity index (χ2v) is 5.55. The van der Waals surface area contributed by atoms with E-state index in [2.05, 4.69) is 5.32 Å². The van der Waals surface area contributed by atoms with Gasteiger partial charge in [-0.3, -0.25) is 4.79 Å². The minimum atomic E-state index is -0.316. The summed E-state index contributed by atoms with van der Waals surface area (Å²) in [7, 11) is 3.85. The molecule has 0 aliphatic rings. The van der Waals surface area contributed by atoms with E-state index in [4.69, 9.17) is 0 Å². The van der Waals surface area contributed by atoms with E-state index in [9.17, 15) is 9.18 Å². The van der Waals surface area contributed by atoms with Gasteiger partial charge in [0, 0.05) is 24.7 Å². The summed E-state index contributed by atoms with van der Waals surface area (Å²) in [4.78, 5) is 13.6. The third-order valence-electron chi connectivity index (χ3n) is 3.35. The van der Waals surface area contributed by atoms with Crippen molar-refractivity contribution < 1.29 is 9.18 Å². The molecule has 0 unspecified atom stereocenters. The van der Waals surface area contributed by atoms with Gasteiger partial charge in [0.1, 0.15) is 5.82 Å². The third kappa shape index (κ3) is 5.34. The number of nitrogens with one attached hydrogen (secondary N) is 1. The summed E-state index contributed by atoms with van der Waals surface area (Å²) in [6, 6.07) is 14.7. The Morgan fingerprint density at radius 2 is 1.87 bits per heavy atom. The molecule has 2 aromatic rings. The molecular formula is C19H21FN2O. The van der Waals surface area contributed by atoms with E-state index in [0.717, 1.165) is 11.1 Å². The minimum Gasteiger partial charge on any atom is -0.348 e. The zero-order valence-corrected chi connectivity index (χ0v) is 13.4. The molecule has 0 atom stereocenters. The molecule has 0 heterocycles. The number of benzene rings is 2. The summed E-state index contributed by atoms with van der Waals surface area (Å²) in [5, 5.41) is 2.69. The maximum absolute atomic E-state index is 14.2. The molecule has 0 radical (unpaired) electrons. The van der Waals surface area contributed by atoms with Crippen molar-refractivity contribution in [3.05, 3.63) is 72.1 Å². The first kappa shape index (κ1) is 16.9. The molecule has 1 N–H and O–H groups in total. The number of amides is 1. The molecule has 0 bridgehead atoms. The Hall–Kier alpha value is -2.46. The number of nitrogens with zero attached hydrogens (tertiary/aromatic N) is 1. The summed E-state index contributed by atoms with van der Waals surface area (Å²) in [5.74, 6) is -0.540. The zero-order chi connectivity index (χ0) is 16.7. The highest BCUT2D eigenvalue weighted by Crippen LogP contribution is 2.21. The average molecular weight is 312 g/mol. The summed E-state index contributed by atoms with van der Waals surface area (Å²) >= 11 is 0. The van der Waals surface area contributed by atoms with Crippen LogP contribution in [-0.4, -0.2) is 31.4 Å². The highest BCUT2D eigenvalue weighted by Gasteiger charge is 2.06. The molecule has 0 aliphatic heterocycles. The molecule has 2 rings (SSSR count). The van der Waals surface area contributed by atoms with E-state index >= 15 is 0 Å². The predicted octanol–water partition coefficient (Wildman–Crippen LogP) is 3.23. The van der Waals surface area contributed by atoms with Gasteiger partial charge in [0.25, 0.3) is 0 Å². The number of carbonyl (C=O) groups excluding carboxylic acids is 1. The van der Waals surface area contributed by atoms with Gasteiger partial charge in [0.05, 0.1) is 0 Å². The van der Waals surface area contributed by atoms with Gasteiger partial charge < -0.3 is 10.2 Å². The molecule has 1 amide bonds. The summed E-state index contributed by atoms with van der Waals surface area (Å²) in [6.07, 6.45) is 3.24. The van der Waals surface area contributed by atoms with Gasteiger partial charge in [-0.2, -0.15) is 0 Å². The number of carbonyl (C=O) groups is 1. The fraction of sp³-hybridized carbons (Fsp3) is 0.211. The molecule has 0 saturated carbocycles. The highest BCUT2D eigenvalue weighted by molar-refractivity contribution is 5.87. The lowest BCUT2D eigenvalue weighted by Gasteiger charge is -2.08. The molecule has 0 aromatic heterocycles. The molecule has 120 valence electrons. The van der Waals surface area contributed by atoms with Crippen molar-refractivity contribution in [1.29, 1.82) is 0 Å². The molecule has 0 saturated heterocycles. The lowest BCUT2D eigenvalue weighted by molar-refractivity contribution is -0.116. The fourth-order valence-corrected chi connectivity index (χ4v) is 2.11. The largest absolute Gasteiger partial charge is 0.348 e. The van der Waals surface area contributed by atoms with Crippen LogP contribution in [0.1, 0.15) is 5.56 Å². The summed E-state index contributed by atoms with van der Waals surface area (Å²) in [6.45, 7) is 0.861. The summed E-state index contributed by atoms with van der Waals surface area (Å²) in [5.41, 5.74) is 2.26. The maximum atomic E-state index is 14.2. The van der Waals surface area contributed by atoms with Crippen molar-refractivity contribution in [2.24, 2.45) is 0 Å². The molecular weight excluding hydrogens is 291 g/mol. The van der Waals surface area contributed by atoms with Crippen LogP contribution in [0.15, 0.2) is 60.7 Å². The van der Waals surface area contributed by atoms with E-state index in [1.165, 1.54) is 12.1 Å². The molecule has 2 aromatic carbocycles. The quantitative estimate of drug-likeness (QED) is 0.831. The smallest absolute Gasteiger partial charge is 0.243 e. The average Bonchev–Trinajstić information content (AvgIpc) is 2.54. The van der Waals surface area contributed by atoms with Crippen molar-refractivity contribution in [3.8, 4) is 11.1 Å². The van der Waals surface area contributed by atoms with Gasteiger partial charge in [0.2, 0.25) is 5.91 Å². The molecule has 23 heavy (non-hydrogen) atoms. The molecule has 4 heteroatoms. The van der Waals surface area contributed by atoms with E-state index in [0.29, 0.717) is 12.1 Å². The van der Waals surface area contributed by atoms with Crippen molar-refractivity contribution >= 4 is 5.91 Å². The number of hydrogen-bond donors (Lipinski definition) is 1. The maximum Gasteiger partial charge on any atom is 0.243 e. The van der Waals surface area contributed by atoms with Gasteiger partial charge in [-0.05, 0) is 31.3 Å². The first-order valence-corrected chi connectivity index (χ1v) is 7.49. The van der Waals surface area contributed by atoms with Crippen LogP contribution in [0, 0.1) is 5.82 Å². The lowest BCUT2D eigenvalue weighted by Crippen LogP contribution is -2.21. The van der Waals surface area contributed by atoms with Gasteiger partial charge in [-0.25, -0.2) is 4.39 Å². The Labute approximate surface area is 136 Å². The number of hydrogen-bond acceptors (Lipinski definition) is 2. The van der Waals surface area contributed by atoms with Crippen LogP contribution in [0.2, 0.25) is 0 Å². The Morgan fingerprint density at radius 3 is 2.52 bits per heavy atom. The first-order valence-electron chi connectivity index (χ1n) is 7.49. The molecule has 0 aliphatic carbocycles. The van der Waals surface area contributed by atoms with Gasteiger partial charge in [-0.1, -0.05) is 48.5 Å². The van der Waals surface area contributed by atoms with Gasteiger partial charge in [0.15, 0.2) is 0 Å². The first-order chi connectivity index (χ1) is 11.1. The van der Waals surface area contributed by atoms with E-state index in [1.54, 1.807) is 12.1 Å². The van der Waals surface area contributed by atoms with E-state index in [-0.39, 0.29) is 18.3 Å². The monoisotopic (exact) mass is 312 g/mol. The molecule has 0 fully saturated rings. The lowest BCUT2D eigenvalue weighted by atomic mass is 10.0. The Balaban J connectivity index is 1.96. The van der Waals surface area contributed by atoms with E-state index in [1.807, 2.05) is 55.4 Å². The van der Waals surface area contributed by atoms with Crippen LogP contribution in [0.3, 0.4) is 0 Å². The van der Waals surface area contributed by atoms with Crippen LogP contribution >= 0.6 is 0 Å². The van der Waals surface area contributed by atoms with E-state index < -0.39 is 0 Å². The van der Waals surface area contributed by atoms with Crippen molar-refractivity contribution in [2.75, 3.05) is 20.6 Å². The second-order valence-electron chi connectivity index (χ2n) is 5.55. The fourth-order valence-electron chi connectivity index (χ4n) is 2.11. The van der Waals surface area contributed by atoms with Crippen molar-refractivity contribution in [2.45, 2.75) is 6.54 Å². The number of rotatable bonds is 6. The van der Waals surface area contributed by atoms with Crippen LogP contribution in [0.25, 0.3) is 11.1 Å². The topological polar surface area (TPSA) is 32.3 Å². The number of likely N-dealkylation sites (N-methyl/N-ethyl adjacent to an activating group) is 1. The molecule has 3 nitrogen and oxygen atoms in total. The van der Waals surface area contributed by atoms with Crippen molar-refractivity contribution in [1.82, 2.24) is 10.2 Å². The summed E-state index contributed by atoms with van der Waals surface area (Å²) < 4.78 is 14.2. The number of halogens is 1.